The van der Waals surface area contributed by atoms with Crippen LogP contribution in [0.25, 0.3) is 0 Å². The number of carbonyl (C=O) groups is 1. The molecule has 0 radical (unpaired) electrons. The van der Waals surface area contributed by atoms with Gasteiger partial charge in [0.25, 0.3) is 5.56 Å². The van der Waals surface area contributed by atoms with Crippen molar-refractivity contribution in [3.63, 3.8) is 0 Å². The zero-order valence-corrected chi connectivity index (χ0v) is 18.2. The molecule has 1 aliphatic heterocycles. The van der Waals surface area contributed by atoms with E-state index >= 15 is 0 Å². The molecule has 0 N–H and O–H groups in total. The molecule has 0 spiro atoms. The zero-order chi connectivity index (χ0) is 22.3. The van der Waals surface area contributed by atoms with Crippen molar-refractivity contribution in [3.05, 3.63) is 81.9 Å². The minimum atomic E-state index is -0.490. The van der Waals surface area contributed by atoms with Gasteiger partial charge in [0, 0.05) is 50.2 Å². The van der Waals surface area contributed by atoms with Crippen LogP contribution in [0.3, 0.4) is 0 Å². The standard InChI is InChI=1S/C24H27N3O5/c1-30-24(29)23-20-8-10-26(17-19-7-4-13-31-19)11-12-27(20)22(28)15-21(23)32-14-3-6-18-5-2-9-25-16-18/h2,4-5,7,9,13,15-16H,3,6,8,10-12,14,17H2,1H3. The van der Waals surface area contributed by atoms with Crippen molar-refractivity contribution in [2.24, 2.45) is 0 Å². The Balaban J connectivity index is 1.51. The van der Waals surface area contributed by atoms with Gasteiger partial charge in [-0.05, 0) is 36.6 Å². The maximum atomic E-state index is 12.9. The molecule has 0 aliphatic carbocycles. The van der Waals surface area contributed by atoms with Crippen LogP contribution in [-0.4, -0.2) is 47.2 Å². The van der Waals surface area contributed by atoms with E-state index in [9.17, 15) is 9.59 Å². The molecule has 0 saturated heterocycles. The number of hydrogen-bond acceptors (Lipinski definition) is 7. The molecule has 0 amide bonds. The molecule has 3 aromatic heterocycles. The largest absolute Gasteiger partial charge is 0.492 e. The highest BCUT2D eigenvalue weighted by Gasteiger charge is 2.26. The van der Waals surface area contributed by atoms with Crippen molar-refractivity contribution in [3.8, 4) is 5.75 Å². The predicted molar refractivity (Wildman–Crippen MR) is 118 cm³/mol. The van der Waals surface area contributed by atoms with Crippen molar-refractivity contribution >= 4 is 5.97 Å². The summed E-state index contributed by atoms with van der Waals surface area (Å²) in [6, 6.07) is 9.10. The lowest BCUT2D eigenvalue weighted by Crippen LogP contribution is -2.29. The molecule has 0 bridgehead atoms. The Bertz CT molecular complexity index is 1090. The summed E-state index contributed by atoms with van der Waals surface area (Å²) in [5.41, 5.74) is 1.94. The van der Waals surface area contributed by atoms with Gasteiger partial charge in [-0.15, -0.1) is 0 Å². The average Bonchev–Trinajstić information content (AvgIpc) is 3.23. The average molecular weight is 437 g/mol. The summed E-state index contributed by atoms with van der Waals surface area (Å²) in [4.78, 5) is 31.9. The fraction of sp³-hybridized carbons (Fsp3) is 0.375. The Morgan fingerprint density at radius 2 is 2.12 bits per heavy atom. The highest BCUT2D eigenvalue weighted by molar-refractivity contribution is 5.93. The van der Waals surface area contributed by atoms with Gasteiger partial charge >= 0.3 is 5.97 Å². The summed E-state index contributed by atoms with van der Waals surface area (Å²) in [5, 5.41) is 0. The first-order valence-electron chi connectivity index (χ1n) is 10.8. The van der Waals surface area contributed by atoms with E-state index in [1.165, 1.54) is 13.2 Å². The molecule has 1 aliphatic rings. The zero-order valence-electron chi connectivity index (χ0n) is 18.2. The van der Waals surface area contributed by atoms with Gasteiger partial charge in [-0.25, -0.2) is 4.79 Å². The fourth-order valence-electron chi connectivity index (χ4n) is 4.01. The van der Waals surface area contributed by atoms with Crippen molar-refractivity contribution in [1.82, 2.24) is 14.5 Å². The lowest BCUT2D eigenvalue weighted by atomic mass is 10.1. The number of nitrogens with zero attached hydrogens (tertiary/aromatic N) is 3. The lowest BCUT2D eigenvalue weighted by molar-refractivity contribution is 0.0593. The molecule has 32 heavy (non-hydrogen) atoms. The van der Waals surface area contributed by atoms with E-state index in [4.69, 9.17) is 13.9 Å². The maximum Gasteiger partial charge on any atom is 0.343 e. The van der Waals surface area contributed by atoms with E-state index in [1.54, 1.807) is 17.0 Å². The number of carbonyl (C=O) groups excluding carboxylic acids is 1. The summed E-state index contributed by atoms with van der Waals surface area (Å²) in [6.07, 6.45) is 7.28. The van der Waals surface area contributed by atoms with Crippen LogP contribution < -0.4 is 10.3 Å². The molecule has 8 heteroatoms. The van der Waals surface area contributed by atoms with Gasteiger partial charge < -0.3 is 18.5 Å². The van der Waals surface area contributed by atoms with Crippen LogP contribution in [0.5, 0.6) is 5.75 Å². The molecule has 168 valence electrons. The third-order valence-electron chi connectivity index (χ3n) is 5.63. The molecular formula is C24H27N3O5. The van der Waals surface area contributed by atoms with Gasteiger partial charge in [0.15, 0.2) is 0 Å². The number of ether oxygens (including phenoxy) is 2. The molecule has 0 unspecified atom stereocenters. The summed E-state index contributed by atoms with van der Waals surface area (Å²) < 4.78 is 18.1. The van der Waals surface area contributed by atoms with Crippen LogP contribution in [0, 0.1) is 0 Å². The highest BCUT2D eigenvalue weighted by atomic mass is 16.5. The summed E-state index contributed by atoms with van der Waals surface area (Å²) in [6.45, 7) is 2.89. The first kappa shape index (κ1) is 21.8. The molecule has 8 nitrogen and oxygen atoms in total. The van der Waals surface area contributed by atoms with Crippen LogP contribution >= 0.6 is 0 Å². The van der Waals surface area contributed by atoms with Crippen LogP contribution in [0.1, 0.15) is 33.8 Å². The number of hydrogen-bond donors (Lipinski definition) is 0. The number of methoxy groups -OCH3 is 1. The monoisotopic (exact) mass is 437 g/mol. The first-order valence-corrected chi connectivity index (χ1v) is 10.8. The van der Waals surface area contributed by atoms with Gasteiger partial charge in [0.1, 0.15) is 17.1 Å². The normalized spacial score (nSPS) is 13.9. The Labute approximate surface area is 186 Å². The number of esters is 1. The third-order valence-corrected chi connectivity index (χ3v) is 5.63. The van der Waals surface area contributed by atoms with E-state index in [0.717, 1.165) is 24.2 Å². The topological polar surface area (TPSA) is 86.8 Å². The number of pyridine rings is 2. The second-order valence-electron chi connectivity index (χ2n) is 7.73. The summed E-state index contributed by atoms with van der Waals surface area (Å²) in [7, 11) is 1.34. The van der Waals surface area contributed by atoms with Crippen LogP contribution in [-0.2, 0) is 30.7 Å². The van der Waals surface area contributed by atoms with Crippen LogP contribution in [0.15, 0.2) is 58.2 Å². The van der Waals surface area contributed by atoms with Gasteiger partial charge in [-0.3, -0.25) is 14.7 Å². The molecule has 4 heterocycles. The third kappa shape index (κ3) is 5.08. The summed E-state index contributed by atoms with van der Waals surface area (Å²) >= 11 is 0. The van der Waals surface area contributed by atoms with Crippen molar-refractivity contribution in [2.45, 2.75) is 32.4 Å². The summed E-state index contributed by atoms with van der Waals surface area (Å²) in [5.74, 6) is 0.670. The van der Waals surface area contributed by atoms with E-state index in [-0.39, 0.29) is 5.56 Å². The van der Waals surface area contributed by atoms with Gasteiger partial charge in [0.2, 0.25) is 0 Å². The first-order chi connectivity index (χ1) is 15.7. The lowest BCUT2D eigenvalue weighted by Gasteiger charge is -2.17. The van der Waals surface area contributed by atoms with Gasteiger partial charge in [0.05, 0.1) is 26.5 Å². The van der Waals surface area contributed by atoms with E-state index in [2.05, 4.69) is 9.88 Å². The molecular weight excluding hydrogens is 410 g/mol. The second kappa shape index (κ2) is 10.3. The Kier molecular flexibility index (Phi) is 7.01. The number of fused-ring (bicyclic) bond motifs is 1. The van der Waals surface area contributed by atoms with Crippen molar-refractivity contribution in [2.75, 3.05) is 26.8 Å². The van der Waals surface area contributed by atoms with E-state index in [0.29, 0.717) is 56.2 Å². The van der Waals surface area contributed by atoms with Crippen LogP contribution in [0.2, 0.25) is 0 Å². The van der Waals surface area contributed by atoms with Crippen LogP contribution in [0.4, 0.5) is 0 Å². The number of furan rings is 1. The molecule has 0 aromatic carbocycles. The smallest absolute Gasteiger partial charge is 0.343 e. The van der Waals surface area contributed by atoms with Gasteiger partial charge in [-0.2, -0.15) is 0 Å². The van der Waals surface area contributed by atoms with Crippen molar-refractivity contribution in [1.29, 1.82) is 0 Å². The minimum absolute atomic E-state index is 0.172. The SMILES string of the molecule is COC(=O)c1c(OCCCc2cccnc2)cc(=O)n2c1CCN(Cc1ccco1)CC2. The van der Waals surface area contributed by atoms with Gasteiger partial charge in [-0.1, -0.05) is 6.07 Å². The number of aromatic nitrogens is 2. The Morgan fingerprint density at radius 1 is 1.22 bits per heavy atom. The predicted octanol–water partition coefficient (Wildman–Crippen LogP) is 2.69. The molecule has 3 aromatic rings. The Morgan fingerprint density at radius 3 is 2.88 bits per heavy atom. The fourth-order valence-corrected chi connectivity index (χ4v) is 4.01. The molecule has 4 rings (SSSR count). The molecule has 0 fully saturated rings. The second-order valence-corrected chi connectivity index (χ2v) is 7.73. The quantitative estimate of drug-likeness (QED) is 0.396. The number of rotatable bonds is 8. The van der Waals surface area contributed by atoms with E-state index < -0.39 is 5.97 Å². The maximum absolute atomic E-state index is 12.9. The van der Waals surface area contributed by atoms with Crippen molar-refractivity contribution < 1.29 is 18.7 Å². The minimum Gasteiger partial charge on any atom is -0.492 e. The Hall–Kier alpha value is -3.39. The molecule has 0 saturated carbocycles. The molecule has 0 atom stereocenters. The highest BCUT2D eigenvalue weighted by Crippen LogP contribution is 2.24. The number of aryl methyl sites for hydroxylation is 1. The van der Waals surface area contributed by atoms with E-state index in [1.807, 2.05) is 30.5 Å².